The van der Waals surface area contributed by atoms with E-state index in [1.807, 2.05) is 0 Å². The van der Waals surface area contributed by atoms with Gasteiger partial charge in [0.2, 0.25) is 5.91 Å². The summed E-state index contributed by atoms with van der Waals surface area (Å²) in [7, 11) is 0. The first-order valence-corrected chi connectivity index (χ1v) is 6.33. The summed E-state index contributed by atoms with van der Waals surface area (Å²) in [6.07, 6.45) is 3.67. The van der Waals surface area contributed by atoms with Gasteiger partial charge in [0.1, 0.15) is 6.61 Å². The number of nitrogens with one attached hydrogen (secondary N) is 2. The first-order chi connectivity index (χ1) is 7.75. The van der Waals surface area contributed by atoms with E-state index in [9.17, 15) is 4.79 Å². The van der Waals surface area contributed by atoms with Crippen LogP contribution < -0.4 is 10.6 Å². The van der Waals surface area contributed by atoms with Crippen LogP contribution >= 0.6 is 0 Å². The van der Waals surface area contributed by atoms with Crippen LogP contribution in [0.15, 0.2) is 0 Å². The number of hydrogen-bond acceptors (Lipinski definition) is 3. The molecule has 2 fully saturated rings. The predicted molar refractivity (Wildman–Crippen MR) is 62.1 cm³/mol. The number of hydrogen-bond donors (Lipinski definition) is 2. The van der Waals surface area contributed by atoms with Gasteiger partial charge in [0, 0.05) is 12.6 Å². The minimum absolute atomic E-state index is 0.0289. The summed E-state index contributed by atoms with van der Waals surface area (Å²) < 4.78 is 5.36. The maximum atomic E-state index is 11.6. The Kier molecular flexibility index (Phi) is 4.18. The molecule has 1 amide bonds. The Labute approximate surface area is 97.1 Å². The molecule has 1 saturated carbocycles. The minimum atomic E-state index is 0.0289. The van der Waals surface area contributed by atoms with Crippen LogP contribution in [0, 0.1) is 11.8 Å². The summed E-state index contributed by atoms with van der Waals surface area (Å²) in [5, 5.41) is 6.34. The Morgan fingerprint density at radius 1 is 1.44 bits per heavy atom. The third-order valence-electron chi connectivity index (χ3n) is 3.46. The zero-order valence-corrected chi connectivity index (χ0v) is 10.00. The van der Waals surface area contributed by atoms with Crippen molar-refractivity contribution in [3.05, 3.63) is 0 Å². The van der Waals surface area contributed by atoms with Crippen LogP contribution in [-0.2, 0) is 9.53 Å². The molecule has 92 valence electrons. The van der Waals surface area contributed by atoms with Crippen molar-refractivity contribution in [3.8, 4) is 0 Å². The predicted octanol–water partition coefficient (Wildman–Crippen LogP) is 0.527. The Bertz CT molecular complexity index is 241. The molecule has 2 unspecified atom stereocenters. The normalized spacial score (nSPS) is 30.1. The van der Waals surface area contributed by atoms with E-state index in [2.05, 4.69) is 17.6 Å². The highest BCUT2D eigenvalue weighted by Gasteiger charge is 2.24. The minimum Gasteiger partial charge on any atom is -0.371 e. The number of amides is 1. The molecular weight excluding hydrogens is 204 g/mol. The van der Waals surface area contributed by atoms with Gasteiger partial charge in [-0.3, -0.25) is 4.79 Å². The molecule has 16 heavy (non-hydrogen) atoms. The Morgan fingerprint density at radius 3 is 2.94 bits per heavy atom. The lowest BCUT2D eigenvalue weighted by Crippen LogP contribution is -2.51. The van der Waals surface area contributed by atoms with E-state index in [1.165, 1.54) is 12.8 Å². The molecule has 2 aliphatic rings. The quantitative estimate of drug-likeness (QED) is 0.719. The van der Waals surface area contributed by atoms with Crippen molar-refractivity contribution in [1.29, 1.82) is 0 Å². The zero-order valence-electron chi connectivity index (χ0n) is 10.00. The fraction of sp³-hybridized carbons (Fsp3) is 0.917. The van der Waals surface area contributed by atoms with Crippen molar-refractivity contribution in [2.45, 2.75) is 32.2 Å². The van der Waals surface area contributed by atoms with Gasteiger partial charge in [0.15, 0.2) is 0 Å². The second-order valence-corrected chi connectivity index (χ2v) is 5.10. The topological polar surface area (TPSA) is 50.4 Å². The molecule has 0 radical (unpaired) electrons. The van der Waals surface area contributed by atoms with Crippen molar-refractivity contribution in [2.24, 2.45) is 11.8 Å². The first kappa shape index (κ1) is 11.9. The van der Waals surface area contributed by atoms with Crippen LogP contribution in [0.2, 0.25) is 0 Å². The number of carbonyl (C=O) groups excluding carboxylic acids is 1. The number of carbonyl (C=O) groups is 1. The smallest absolute Gasteiger partial charge is 0.246 e. The van der Waals surface area contributed by atoms with Crippen molar-refractivity contribution < 1.29 is 9.53 Å². The number of ether oxygens (including phenoxy) is 1. The van der Waals surface area contributed by atoms with Gasteiger partial charge < -0.3 is 15.4 Å². The Morgan fingerprint density at radius 2 is 2.25 bits per heavy atom. The van der Waals surface area contributed by atoms with Crippen molar-refractivity contribution in [2.75, 3.05) is 26.3 Å². The molecule has 2 N–H and O–H groups in total. The molecular formula is C12H22N2O2. The SMILES string of the molecule is CC1CCNCC1NC(=O)COCC1CC1. The van der Waals surface area contributed by atoms with Crippen LogP contribution in [-0.4, -0.2) is 38.3 Å². The average Bonchev–Trinajstić information content (AvgIpc) is 3.05. The van der Waals surface area contributed by atoms with E-state index in [-0.39, 0.29) is 18.6 Å². The molecule has 2 atom stereocenters. The highest BCUT2D eigenvalue weighted by Crippen LogP contribution is 2.28. The summed E-state index contributed by atoms with van der Waals surface area (Å²) in [5.41, 5.74) is 0. The van der Waals surface area contributed by atoms with E-state index < -0.39 is 0 Å². The lowest BCUT2D eigenvalue weighted by molar-refractivity contribution is -0.127. The van der Waals surface area contributed by atoms with Crippen LogP contribution in [0.1, 0.15) is 26.2 Å². The van der Waals surface area contributed by atoms with Crippen LogP contribution in [0.25, 0.3) is 0 Å². The summed E-state index contributed by atoms with van der Waals surface area (Å²) in [4.78, 5) is 11.6. The average molecular weight is 226 g/mol. The standard InChI is InChI=1S/C12H22N2O2/c1-9-4-5-13-6-11(9)14-12(15)8-16-7-10-2-3-10/h9-11,13H,2-8H2,1H3,(H,14,15). The van der Waals surface area contributed by atoms with Gasteiger partial charge >= 0.3 is 0 Å². The van der Waals surface area contributed by atoms with Crippen molar-refractivity contribution >= 4 is 5.91 Å². The van der Waals surface area contributed by atoms with Crippen LogP contribution in [0.4, 0.5) is 0 Å². The fourth-order valence-corrected chi connectivity index (χ4v) is 2.03. The van der Waals surface area contributed by atoms with Crippen molar-refractivity contribution in [3.63, 3.8) is 0 Å². The molecule has 4 nitrogen and oxygen atoms in total. The summed E-state index contributed by atoms with van der Waals surface area (Å²) in [6, 6.07) is 0.269. The highest BCUT2D eigenvalue weighted by molar-refractivity contribution is 5.77. The van der Waals surface area contributed by atoms with Crippen LogP contribution in [0.3, 0.4) is 0 Å². The van der Waals surface area contributed by atoms with Gasteiger partial charge in [0.25, 0.3) is 0 Å². The maximum absolute atomic E-state index is 11.6. The lowest BCUT2D eigenvalue weighted by atomic mass is 9.95. The first-order valence-electron chi connectivity index (χ1n) is 6.33. The van der Waals surface area contributed by atoms with Gasteiger partial charge in [-0.2, -0.15) is 0 Å². The van der Waals surface area contributed by atoms with Gasteiger partial charge in [-0.25, -0.2) is 0 Å². The molecule has 1 heterocycles. The largest absolute Gasteiger partial charge is 0.371 e. The fourth-order valence-electron chi connectivity index (χ4n) is 2.03. The van der Waals surface area contributed by atoms with E-state index in [0.717, 1.165) is 32.0 Å². The summed E-state index contributed by atoms with van der Waals surface area (Å²) in [6.45, 7) is 5.11. The van der Waals surface area contributed by atoms with Gasteiger partial charge in [0.05, 0.1) is 6.61 Å². The Hall–Kier alpha value is -0.610. The monoisotopic (exact) mass is 226 g/mol. The maximum Gasteiger partial charge on any atom is 0.246 e. The number of rotatable bonds is 5. The van der Waals surface area contributed by atoms with Crippen LogP contribution in [0.5, 0.6) is 0 Å². The third kappa shape index (κ3) is 3.76. The van der Waals surface area contributed by atoms with Gasteiger partial charge in [-0.15, -0.1) is 0 Å². The van der Waals surface area contributed by atoms with E-state index in [1.54, 1.807) is 0 Å². The molecule has 4 heteroatoms. The van der Waals surface area contributed by atoms with E-state index in [0.29, 0.717) is 5.92 Å². The lowest BCUT2D eigenvalue weighted by Gasteiger charge is -2.30. The van der Waals surface area contributed by atoms with Crippen molar-refractivity contribution in [1.82, 2.24) is 10.6 Å². The Balaban J connectivity index is 1.60. The molecule has 0 aromatic rings. The van der Waals surface area contributed by atoms with Gasteiger partial charge in [-0.1, -0.05) is 6.92 Å². The molecule has 0 spiro atoms. The molecule has 1 aliphatic heterocycles. The summed E-state index contributed by atoms with van der Waals surface area (Å²) >= 11 is 0. The molecule has 1 saturated heterocycles. The zero-order chi connectivity index (χ0) is 11.4. The molecule has 0 bridgehead atoms. The second-order valence-electron chi connectivity index (χ2n) is 5.10. The third-order valence-corrected chi connectivity index (χ3v) is 3.46. The van der Waals surface area contributed by atoms with Gasteiger partial charge in [-0.05, 0) is 37.6 Å². The molecule has 0 aromatic heterocycles. The molecule has 2 rings (SSSR count). The molecule has 0 aromatic carbocycles. The molecule has 1 aliphatic carbocycles. The number of piperidine rings is 1. The summed E-state index contributed by atoms with van der Waals surface area (Å²) in [5.74, 6) is 1.32. The highest BCUT2D eigenvalue weighted by atomic mass is 16.5. The second kappa shape index (κ2) is 5.64. The van der Waals surface area contributed by atoms with E-state index >= 15 is 0 Å². The van der Waals surface area contributed by atoms with E-state index in [4.69, 9.17) is 4.74 Å².